The van der Waals surface area contributed by atoms with E-state index in [0.29, 0.717) is 17.8 Å². The third-order valence-corrected chi connectivity index (χ3v) is 7.94. The predicted octanol–water partition coefficient (Wildman–Crippen LogP) is 4.76. The summed E-state index contributed by atoms with van der Waals surface area (Å²) in [6.45, 7) is 0. The van der Waals surface area contributed by atoms with Crippen molar-refractivity contribution in [3.8, 4) is 0 Å². The number of anilines is 1. The van der Waals surface area contributed by atoms with Crippen LogP contribution in [0.15, 0.2) is 24.3 Å². The van der Waals surface area contributed by atoms with Crippen molar-refractivity contribution < 1.29 is 27.5 Å². The van der Waals surface area contributed by atoms with Crippen molar-refractivity contribution in [2.75, 3.05) is 10.8 Å². The molecule has 30 heavy (non-hydrogen) atoms. The van der Waals surface area contributed by atoms with Crippen LogP contribution in [-0.4, -0.2) is 28.9 Å². The van der Waals surface area contributed by atoms with Gasteiger partial charge in [0.25, 0.3) is 5.91 Å². The highest BCUT2D eigenvalue weighted by molar-refractivity contribution is 8.01. The van der Waals surface area contributed by atoms with Gasteiger partial charge in [0.1, 0.15) is 0 Å². The molecule has 0 spiro atoms. The van der Waals surface area contributed by atoms with E-state index in [0.717, 1.165) is 43.2 Å². The van der Waals surface area contributed by atoms with Gasteiger partial charge >= 0.3 is 12.3 Å². The van der Waals surface area contributed by atoms with Gasteiger partial charge in [0.15, 0.2) is 0 Å². The summed E-state index contributed by atoms with van der Waals surface area (Å²) in [7, 11) is 0. The van der Waals surface area contributed by atoms with E-state index in [1.807, 2.05) is 0 Å². The maximum Gasteiger partial charge on any atom is 0.416 e. The molecule has 0 aromatic heterocycles. The fourth-order valence-electron chi connectivity index (χ4n) is 6.15. The third-order valence-electron chi connectivity index (χ3n) is 6.93. The summed E-state index contributed by atoms with van der Waals surface area (Å²) in [6.07, 6.45) is 1.56. The molecule has 5 fully saturated rings. The molecule has 2 amide bonds. The Morgan fingerprint density at radius 2 is 1.77 bits per heavy atom. The van der Waals surface area contributed by atoms with Gasteiger partial charge in [-0.05, 0) is 74.5 Å². The van der Waals surface area contributed by atoms with Gasteiger partial charge in [0.05, 0.1) is 11.4 Å². The Kier molecular flexibility index (Phi) is 4.72. The van der Waals surface area contributed by atoms with Crippen molar-refractivity contribution in [2.45, 2.75) is 55.7 Å². The summed E-state index contributed by atoms with van der Waals surface area (Å²) in [5.41, 5.74) is -1.94. The fraction of sp³-hybridized carbons (Fsp3) is 0.619. The lowest BCUT2D eigenvalue weighted by molar-refractivity contribution is -0.137. The van der Waals surface area contributed by atoms with Gasteiger partial charge in [-0.15, -0.1) is 0 Å². The minimum Gasteiger partial charge on any atom is -0.425 e. The number of nitrogens with one attached hydrogen (secondary N) is 1. The lowest BCUT2D eigenvalue weighted by Crippen LogP contribution is -2.60. The number of nitrogens with zero attached hydrogens (tertiary/aromatic N) is 1. The smallest absolute Gasteiger partial charge is 0.416 e. The second-order valence-electron chi connectivity index (χ2n) is 9.17. The van der Waals surface area contributed by atoms with Crippen molar-refractivity contribution in [1.82, 2.24) is 5.32 Å². The molecule has 1 saturated heterocycles. The van der Waals surface area contributed by atoms with Crippen LogP contribution in [0.3, 0.4) is 0 Å². The number of thioether (sulfide) groups is 1. The van der Waals surface area contributed by atoms with Gasteiger partial charge in [0, 0.05) is 11.2 Å². The normalized spacial score (nSPS) is 35.0. The quantitative estimate of drug-likeness (QED) is 0.736. The van der Waals surface area contributed by atoms with Crippen LogP contribution in [0.1, 0.15) is 44.1 Å². The van der Waals surface area contributed by atoms with Gasteiger partial charge in [0.2, 0.25) is 5.44 Å². The van der Waals surface area contributed by atoms with Crippen LogP contribution >= 0.6 is 11.8 Å². The first-order chi connectivity index (χ1) is 14.2. The lowest BCUT2D eigenvalue weighted by Gasteiger charge is -2.56. The standard InChI is InChI=1S/C21H23F3N2O3S/c22-21(23,24)15-2-1-3-16(7-15)26-11-30-18(17(26)27)29-19(28)25-20-8-12-4-13(9-20)6-14(5-12)10-20/h1-3,7,12-14,18H,4-6,8-11H2,(H,25,28). The first-order valence-electron chi connectivity index (χ1n) is 10.3. The highest BCUT2D eigenvalue weighted by Gasteiger charge is 2.52. The summed E-state index contributed by atoms with van der Waals surface area (Å²) in [5, 5.41) is 3.06. The summed E-state index contributed by atoms with van der Waals surface area (Å²) in [6, 6.07) is 4.62. The molecule has 162 valence electrons. The van der Waals surface area contributed by atoms with E-state index in [-0.39, 0.29) is 17.1 Å². The second kappa shape index (κ2) is 7.07. The molecule has 0 radical (unpaired) electrons. The monoisotopic (exact) mass is 440 g/mol. The first kappa shape index (κ1) is 20.0. The Balaban J connectivity index is 1.23. The highest BCUT2D eigenvalue weighted by atomic mass is 32.2. The number of amides is 2. The van der Waals surface area contributed by atoms with E-state index < -0.39 is 29.2 Å². The molecule has 5 aliphatic rings. The van der Waals surface area contributed by atoms with Gasteiger partial charge in [-0.3, -0.25) is 9.69 Å². The van der Waals surface area contributed by atoms with E-state index in [1.54, 1.807) is 0 Å². The van der Waals surface area contributed by atoms with Crippen LogP contribution in [0.2, 0.25) is 0 Å². The minimum atomic E-state index is -4.49. The number of hydrogen-bond donors (Lipinski definition) is 1. The molecule has 1 atom stereocenters. The number of carbonyl (C=O) groups excluding carboxylic acids is 2. The molecular weight excluding hydrogens is 417 g/mol. The number of ether oxygens (including phenoxy) is 1. The number of rotatable bonds is 3. The maximum absolute atomic E-state index is 13.0. The van der Waals surface area contributed by atoms with E-state index in [9.17, 15) is 22.8 Å². The summed E-state index contributed by atoms with van der Waals surface area (Å²) in [5.74, 6) is 1.61. The fourth-order valence-corrected chi connectivity index (χ4v) is 7.13. The summed E-state index contributed by atoms with van der Waals surface area (Å²) >= 11 is 1.10. The van der Waals surface area contributed by atoms with E-state index in [1.165, 1.54) is 36.3 Å². The zero-order valence-electron chi connectivity index (χ0n) is 16.3. The lowest BCUT2D eigenvalue weighted by atomic mass is 9.53. The molecule has 1 unspecified atom stereocenters. The Morgan fingerprint density at radius 1 is 1.13 bits per heavy atom. The highest BCUT2D eigenvalue weighted by Crippen LogP contribution is 2.55. The molecule has 6 rings (SSSR count). The Hall–Kier alpha value is -1.90. The molecule has 4 aliphatic carbocycles. The summed E-state index contributed by atoms with van der Waals surface area (Å²) in [4.78, 5) is 26.5. The van der Waals surface area contributed by atoms with Crippen molar-refractivity contribution in [2.24, 2.45) is 17.8 Å². The summed E-state index contributed by atoms with van der Waals surface area (Å²) < 4.78 is 44.3. The van der Waals surface area contributed by atoms with Gasteiger partial charge < -0.3 is 10.1 Å². The molecule has 1 N–H and O–H groups in total. The Morgan fingerprint density at radius 3 is 2.37 bits per heavy atom. The Bertz CT molecular complexity index is 840. The van der Waals surface area contributed by atoms with Gasteiger partial charge in [-0.25, -0.2) is 4.79 Å². The van der Waals surface area contributed by atoms with Crippen LogP contribution in [-0.2, 0) is 15.7 Å². The SMILES string of the molecule is O=C(NC12CC3CC(CC(C3)C1)C2)OC1SCN(c2cccc(C(F)(F)F)c2)C1=O. The largest absolute Gasteiger partial charge is 0.425 e. The molecule has 1 aromatic carbocycles. The zero-order chi connectivity index (χ0) is 21.1. The molecule has 1 aromatic rings. The van der Waals surface area contributed by atoms with Crippen molar-refractivity contribution in [3.63, 3.8) is 0 Å². The van der Waals surface area contributed by atoms with Crippen LogP contribution < -0.4 is 10.2 Å². The van der Waals surface area contributed by atoms with E-state index in [4.69, 9.17) is 4.74 Å². The van der Waals surface area contributed by atoms with Crippen molar-refractivity contribution in [3.05, 3.63) is 29.8 Å². The second-order valence-corrected chi connectivity index (χ2v) is 10.2. The van der Waals surface area contributed by atoms with Crippen molar-refractivity contribution in [1.29, 1.82) is 0 Å². The van der Waals surface area contributed by atoms with Crippen molar-refractivity contribution >= 4 is 29.4 Å². The van der Waals surface area contributed by atoms with Gasteiger partial charge in [-0.2, -0.15) is 13.2 Å². The van der Waals surface area contributed by atoms with E-state index >= 15 is 0 Å². The number of benzene rings is 1. The van der Waals surface area contributed by atoms with Crippen LogP contribution in [0.25, 0.3) is 0 Å². The number of hydrogen-bond acceptors (Lipinski definition) is 4. The Labute approximate surface area is 176 Å². The predicted molar refractivity (Wildman–Crippen MR) is 106 cm³/mol. The molecule has 4 bridgehead atoms. The minimum absolute atomic E-state index is 0.134. The molecule has 1 heterocycles. The maximum atomic E-state index is 13.0. The average Bonchev–Trinajstić information content (AvgIpc) is 3.00. The topological polar surface area (TPSA) is 58.6 Å². The van der Waals surface area contributed by atoms with E-state index in [2.05, 4.69) is 5.32 Å². The molecule has 1 aliphatic heterocycles. The van der Waals surface area contributed by atoms with Gasteiger partial charge in [-0.1, -0.05) is 17.8 Å². The molecular formula is C21H23F3N2O3S. The van der Waals surface area contributed by atoms with Crippen LogP contribution in [0.4, 0.5) is 23.7 Å². The first-order valence-corrected chi connectivity index (χ1v) is 11.3. The average molecular weight is 440 g/mol. The zero-order valence-corrected chi connectivity index (χ0v) is 17.1. The molecule has 9 heteroatoms. The van der Waals surface area contributed by atoms with Crippen LogP contribution in [0.5, 0.6) is 0 Å². The molecule has 4 saturated carbocycles. The third kappa shape index (κ3) is 3.65. The number of halogens is 3. The van der Waals surface area contributed by atoms with Crippen LogP contribution in [0, 0.1) is 17.8 Å². The number of alkyl halides is 3. The number of carbonyl (C=O) groups is 2. The number of alkyl carbamates (subject to hydrolysis) is 1. The molecule has 5 nitrogen and oxygen atoms in total.